The van der Waals surface area contributed by atoms with Crippen molar-refractivity contribution in [2.75, 3.05) is 11.9 Å². The molecule has 28 heavy (non-hydrogen) atoms. The fourth-order valence-corrected chi connectivity index (χ4v) is 4.34. The van der Waals surface area contributed by atoms with Crippen molar-refractivity contribution in [2.24, 2.45) is 0 Å². The van der Waals surface area contributed by atoms with Crippen LogP contribution in [0.15, 0.2) is 48.5 Å². The Kier molecular flexibility index (Phi) is 4.61. The van der Waals surface area contributed by atoms with E-state index in [4.69, 9.17) is 4.98 Å². The van der Waals surface area contributed by atoms with Crippen LogP contribution in [0.1, 0.15) is 49.4 Å². The molecule has 2 N–H and O–H groups in total. The minimum atomic E-state index is -0.0665. The Hall–Kier alpha value is -2.66. The first-order chi connectivity index (χ1) is 13.8. The van der Waals surface area contributed by atoms with Gasteiger partial charge in [0.25, 0.3) is 0 Å². The van der Waals surface area contributed by atoms with Crippen LogP contribution < -0.4 is 5.32 Å². The van der Waals surface area contributed by atoms with E-state index in [9.17, 15) is 4.79 Å². The number of nitrogens with zero attached hydrogens (tertiary/aromatic N) is 2. The Morgan fingerprint density at radius 2 is 1.96 bits per heavy atom. The molecule has 5 heteroatoms. The first-order valence-corrected chi connectivity index (χ1v) is 10.3. The molecule has 2 aliphatic rings. The summed E-state index contributed by atoms with van der Waals surface area (Å²) in [6, 6.07) is 16.3. The van der Waals surface area contributed by atoms with Crippen LogP contribution in [0.25, 0.3) is 11.0 Å². The molecule has 1 aliphatic heterocycles. The Balaban J connectivity index is 1.28. The summed E-state index contributed by atoms with van der Waals surface area (Å²) in [5.41, 5.74) is 4.08. The number of likely N-dealkylation sites (tertiary alicyclic amines) is 1. The molecule has 0 bridgehead atoms. The average molecular weight is 374 g/mol. The largest absolute Gasteiger partial charge is 0.342 e. The van der Waals surface area contributed by atoms with Gasteiger partial charge in [0.1, 0.15) is 5.82 Å². The second-order valence-electron chi connectivity index (χ2n) is 8.09. The van der Waals surface area contributed by atoms with E-state index < -0.39 is 0 Å². The Bertz CT molecular complexity index is 977. The molecule has 2 aromatic carbocycles. The smallest absolute Gasteiger partial charge is 0.241 e. The Morgan fingerprint density at radius 1 is 1.11 bits per heavy atom. The number of fused-ring (bicyclic) bond motifs is 1. The standard InChI is InChI=1S/C23H26N4O/c28-23(21-10-5-13-27(21)15-16-6-2-1-3-7-16)24-18-11-12-19-20(14-18)26-22(25-19)17-8-4-9-17/h1-3,6-7,11-12,14,17,21H,4-5,8-10,13,15H2,(H,24,28)(H,25,26). The van der Waals surface area contributed by atoms with Gasteiger partial charge in [0, 0.05) is 18.2 Å². The highest BCUT2D eigenvalue weighted by Crippen LogP contribution is 2.35. The predicted octanol–water partition coefficient (Wildman–Crippen LogP) is 4.43. The minimum absolute atomic E-state index is 0.0665. The van der Waals surface area contributed by atoms with E-state index in [1.54, 1.807) is 0 Å². The number of imidazole rings is 1. The number of nitrogens with one attached hydrogen (secondary N) is 2. The van der Waals surface area contributed by atoms with Gasteiger partial charge in [0.15, 0.2) is 0 Å². The van der Waals surface area contributed by atoms with Crippen molar-refractivity contribution >= 4 is 22.6 Å². The summed E-state index contributed by atoms with van der Waals surface area (Å²) in [7, 11) is 0. The van der Waals surface area contributed by atoms with E-state index in [-0.39, 0.29) is 11.9 Å². The molecule has 2 fully saturated rings. The van der Waals surface area contributed by atoms with Gasteiger partial charge in [0.05, 0.1) is 17.1 Å². The van der Waals surface area contributed by atoms with Gasteiger partial charge < -0.3 is 10.3 Å². The molecule has 1 amide bonds. The third-order valence-corrected chi connectivity index (χ3v) is 6.15. The van der Waals surface area contributed by atoms with Crippen molar-refractivity contribution in [3.8, 4) is 0 Å². The van der Waals surface area contributed by atoms with Gasteiger partial charge in [-0.1, -0.05) is 36.8 Å². The highest BCUT2D eigenvalue weighted by atomic mass is 16.2. The van der Waals surface area contributed by atoms with E-state index in [1.165, 1.54) is 24.8 Å². The molecule has 144 valence electrons. The molecular formula is C23H26N4O. The molecule has 1 unspecified atom stereocenters. The van der Waals surface area contributed by atoms with Gasteiger partial charge in [-0.05, 0) is 56.0 Å². The highest BCUT2D eigenvalue weighted by Gasteiger charge is 2.30. The van der Waals surface area contributed by atoms with Crippen LogP contribution in [0.4, 0.5) is 5.69 Å². The van der Waals surface area contributed by atoms with Crippen LogP contribution in [0.5, 0.6) is 0 Å². The van der Waals surface area contributed by atoms with Gasteiger partial charge >= 0.3 is 0 Å². The molecule has 1 aliphatic carbocycles. The fourth-order valence-electron chi connectivity index (χ4n) is 4.34. The lowest BCUT2D eigenvalue weighted by molar-refractivity contribution is -0.120. The maximum atomic E-state index is 12.9. The van der Waals surface area contributed by atoms with Crippen LogP contribution in [0.2, 0.25) is 0 Å². The first kappa shape index (κ1) is 17.4. The lowest BCUT2D eigenvalue weighted by atomic mass is 9.85. The summed E-state index contributed by atoms with van der Waals surface area (Å²) in [5, 5.41) is 3.13. The Morgan fingerprint density at radius 3 is 2.75 bits per heavy atom. The molecule has 1 atom stereocenters. The van der Waals surface area contributed by atoms with E-state index in [2.05, 4.69) is 39.5 Å². The molecule has 0 radical (unpaired) electrons. The van der Waals surface area contributed by atoms with Crippen molar-refractivity contribution in [1.82, 2.24) is 14.9 Å². The average Bonchev–Trinajstić information content (AvgIpc) is 3.27. The monoisotopic (exact) mass is 374 g/mol. The third-order valence-electron chi connectivity index (χ3n) is 6.15. The zero-order valence-corrected chi connectivity index (χ0v) is 16.0. The lowest BCUT2D eigenvalue weighted by Crippen LogP contribution is -2.39. The zero-order chi connectivity index (χ0) is 18.9. The molecule has 1 saturated carbocycles. The summed E-state index contributed by atoms with van der Waals surface area (Å²) >= 11 is 0. The molecule has 0 spiro atoms. The number of rotatable bonds is 5. The molecule has 5 rings (SSSR count). The van der Waals surface area contributed by atoms with Gasteiger partial charge in [-0.25, -0.2) is 4.98 Å². The van der Waals surface area contributed by atoms with E-state index in [0.717, 1.165) is 48.5 Å². The number of hydrogen-bond acceptors (Lipinski definition) is 3. The Labute approximate surface area is 165 Å². The molecular weight excluding hydrogens is 348 g/mol. The van der Waals surface area contributed by atoms with Crippen LogP contribution in [0, 0.1) is 0 Å². The summed E-state index contributed by atoms with van der Waals surface area (Å²) in [6.07, 6.45) is 5.72. The number of hydrogen-bond donors (Lipinski definition) is 2. The number of amides is 1. The number of carbonyl (C=O) groups excluding carboxylic acids is 1. The summed E-state index contributed by atoms with van der Waals surface area (Å²) < 4.78 is 0. The van der Waals surface area contributed by atoms with E-state index in [0.29, 0.717) is 5.92 Å². The van der Waals surface area contributed by atoms with Crippen LogP contribution >= 0.6 is 0 Å². The normalized spacial score (nSPS) is 20.4. The fraction of sp³-hybridized carbons (Fsp3) is 0.391. The number of benzene rings is 2. The molecule has 5 nitrogen and oxygen atoms in total. The maximum absolute atomic E-state index is 12.9. The third kappa shape index (κ3) is 3.42. The second-order valence-corrected chi connectivity index (χ2v) is 8.09. The van der Waals surface area contributed by atoms with Crippen molar-refractivity contribution in [1.29, 1.82) is 0 Å². The number of H-pyrrole nitrogens is 1. The maximum Gasteiger partial charge on any atom is 0.241 e. The van der Waals surface area contributed by atoms with Crippen molar-refractivity contribution in [3.63, 3.8) is 0 Å². The van der Waals surface area contributed by atoms with Crippen molar-refractivity contribution in [2.45, 2.75) is 50.6 Å². The first-order valence-electron chi connectivity index (χ1n) is 10.3. The second kappa shape index (κ2) is 7.40. The summed E-state index contributed by atoms with van der Waals surface area (Å²) in [4.78, 5) is 23.4. The number of aromatic amines is 1. The molecule has 3 aromatic rings. The van der Waals surface area contributed by atoms with Crippen LogP contribution in [-0.4, -0.2) is 33.4 Å². The van der Waals surface area contributed by atoms with Gasteiger partial charge in [-0.2, -0.15) is 0 Å². The van der Waals surface area contributed by atoms with Gasteiger partial charge in [0.2, 0.25) is 5.91 Å². The van der Waals surface area contributed by atoms with E-state index >= 15 is 0 Å². The minimum Gasteiger partial charge on any atom is -0.342 e. The molecule has 1 aromatic heterocycles. The van der Waals surface area contributed by atoms with Crippen LogP contribution in [-0.2, 0) is 11.3 Å². The predicted molar refractivity (Wildman–Crippen MR) is 111 cm³/mol. The number of aromatic nitrogens is 2. The van der Waals surface area contributed by atoms with Gasteiger partial charge in [-0.15, -0.1) is 0 Å². The summed E-state index contributed by atoms with van der Waals surface area (Å²) in [5.74, 6) is 1.76. The van der Waals surface area contributed by atoms with Crippen molar-refractivity contribution < 1.29 is 4.79 Å². The molecule has 2 heterocycles. The SMILES string of the molecule is O=C(Nc1ccc2nc(C3CCC3)[nH]c2c1)C1CCCN1Cc1ccccc1. The van der Waals surface area contributed by atoms with Gasteiger partial charge in [-0.3, -0.25) is 9.69 Å². The number of carbonyl (C=O) groups is 1. The topological polar surface area (TPSA) is 61.0 Å². The highest BCUT2D eigenvalue weighted by molar-refractivity contribution is 5.96. The summed E-state index contributed by atoms with van der Waals surface area (Å²) in [6.45, 7) is 1.79. The van der Waals surface area contributed by atoms with Crippen LogP contribution in [0.3, 0.4) is 0 Å². The van der Waals surface area contributed by atoms with E-state index in [1.807, 2.05) is 24.3 Å². The quantitative estimate of drug-likeness (QED) is 0.694. The molecule has 1 saturated heterocycles. The van der Waals surface area contributed by atoms with Crippen molar-refractivity contribution in [3.05, 3.63) is 59.9 Å². The number of anilines is 1. The zero-order valence-electron chi connectivity index (χ0n) is 16.0. The lowest BCUT2D eigenvalue weighted by Gasteiger charge is -2.23.